The van der Waals surface area contributed by atoms with Crippen LogP contribution in [0.5, 0.6) is 0 Å². The molecule has 1 heterocycles. The Hall–Kier alpha value is -1.13. The molecular weight excluding hydrogens is 232 g/mol. The number of hydrogen-bond acceptors (Lipinski definition) is 3. The van der Waals surface area contributed by atoms with E-state index in [0.29, 0.717) is 0 Å². The van der Waals surface area contributed by atoms with Crippen molar-refractivity contribution >= 4 is 23.3 Å². The van der Waals surface area contributed by atoms with Gasteiger partial charge in [0.15, 0.2) is 0 Å². The topological polar surface area (TPSA) is 32.3 Å². The van der Waals surface area contributed by atoms with Crippen molar-refractivity contribution < 1.29 is 4.79 Å². The van der Waals surface area contributed by atoms with Crippen LogP contribution in [0.3, 0.4) is 0 Å². The van der Waals surface area contributed by atoms with Crippen molar-refractivity contribution in [3.8, 4) is 0 Å². The fourth-order valence-corrected chi connectivity index (χ4v) is 2.11. The molecule has 1 N–H and O–H groups in total. The molecule has 0 aromatic carbocycles. The number of hydrogen-bond donors (Lipinski definition) is 1. The predicted octanol–water partition coefficient (Wildman–Crippen LogP) is 2.22. The van der Waals surface area contributed by atoms with Crippen molar-refractivity contribution in [2.24, 2.45) is 0 Å². The van der Waals surface area contributed by atoms with E-state index in [-0.39, 0.29) is 5.91 Å². The Balaban J connectivity index is 2.32. The second kappa shape index (κ2) is 7.25. The molecule has 0 saturated heterocycles. The monoisotopic (exact) mass is 252 g/mol. The molecule has 0 unspecified atom stereocenters. The number of thiophene rings is 1. The van der Waals surface area contributed by atoms with Crippen LogP contribution in [0.4, 0.5) is 0 Å². The second-order valence-electron chi connectivity index (χ2n) is 4.26. The van der Waals surface area contributed by atoms with E-state index in [1.54, 1.807) is 11.3 Å². The van der Waals surface area contributed by atoms with E-state index >= 15 is 0 Å². The van der Waals surface area contributed by atoms with E-state index in [2.05, 4.69) is 10.2 Å². The van der Waals surface area contributed by atoms with Gasteiger partial charge in [0, 0.05) is 17.0 Å². The van der Waals surface area contributed by atoms with Gasteiger partial charge in [0.25, 0.3) is 0 Å². The van der Waals surface area contributed by atoms with Gasteiger partial charge in [0.05, 0.1) is 0 Å². The van der Waals surface area contributed by atoms with E-state index in [1.807, 2.05) is 44.6 Å². The smallest absolute Gasteiger partial charge is 0.246 e. The highest BCUT2D eigenvalue weighted by Crippen LogP contribution is 2.12. The first-order valence-electron chi connectivity index (χ1n) is 5.74. The first-order chi connectivity index (χ1) is 8.09. The van der Waals surface area contributed by atoms with Crippen LogP contribution in [0.1, 0.15) is 18.2 Å². The molecule has 0 spiro atoms. The number of amides is 1. The van der Waals surface area contributed by atoms with E-state index in [4.69, 9.17) is 0 Å². The fraction of sp³-hybridized carbons (Fsp3) is 0.462. The number of carbonyl (C=O) groups excluding carboxylic acids is 1. The van der Waals surface area contributed by atoms with Crippen molar-refractivity contribution in [1.29, 1.82) is 0 Å². The van der Waals surface area contributed by atoms with Crippen molar-refractivity contribution in [3.63, 3.8) is 0 Å². The average Bonchev–Trinajstić information content (AvgIpc) is 2.76. The lowest BCUT2D eigenvalue weighted by molar-refractivity contribution is -0.117. The molecule has 0 bridgehead atoms. The third-order valence-corrected chi connectivity index (χ3v) is 3.15. The summed E-state index contributed by atoms with van der Waals surface area (Å²) in [5.74, 6) is 0.0251. The zero-order chi connectivity index (χ0) is 12.7. The predicted molar refractivity (Wildman–Crippen MR) is 74.2 cm³/mol. The van der Waals surface area contributed by atoms with Crippen molar-refractivity contribution in [3.05, 3.63) is 28.0 Å². The zero-order valence-corrected chi connectivity index (χ0v) is 11.5. The minimum atomic E-state index is 0.0251. The van der Waals surface area contributed by atoms with E-state index in [0.717, 1.165) is 30.0 Å². The molecule has 3 nitrogen and oxygen atoms in total. The zero-order valence-electron chi connectivity index (χ0n) is 10.7. The Morgan fingerprint density at radius 1 is 1.53 bits per heavy atom. The van der Waals surface area contributed by atoms with Crippen LogP contribution < -0.4 is 5.32 Å². The van der Waals surface area contributed by atoms with E-state index < -0.39 is 0 Å². The van der Waals surface area contributed by atoms with Crippen LogP contribution in [0.25, 0.3) is 6.08 Å². The van der Waals surface area contributed by atoms with Gasteiger partial charge in [-0.05, 0) is 51.5 Å². The lowest BCUT2D eigenvalue weighted by Crippen LogP contribution is -2.27. The summed E-state index contributed by atoms with van der Waals surface area (Å²) in [6, 6.07) is 3.99. The molecule has 0 radical (unpaired) electrons. The highest BCUT2D eigenvalue weighted by Gasteiger charge is 2.03. The maximum absolute atomic E-state index is 11.7. The third kappa shape index (κ3) is 5.65. The molecule has 0 aliphatic heterocycles. The van der Waals surface area contributed by atoms with Gasteiger partial charge in [-0.25, -0.2) is 0 Å². The Kier molecular flexibility index (Phi) is 5.94. The van der Waals surface area contributed by atoms with Gasteiger partial charge < -0.3 is 10.2 Å². The molecular formula is C13H20N2OS. The van der Waals surface area contributed by atoms with Gasteiger partial charge in [0.2, 0.25) is 5.91 Å². The van der Waals surface area contributed by atoms with Crippen molar-refractivity contribution in [1.82, 2.24) is 10.2 Å². The van der Waals surface area contributed by atoms with Crippen LogP contribution in [-0.2, 0) is 4.79 Å². The van der Waals surface area contributed by atoms with E-state index in [9.17, 15) is 4.79 Å². The SMILES string of the molecule is C/C(=C\c1cccs1)C(=O)NCCCN(C)C. The number of nitrogens with one attached hydrogen (secondary N) is 1. The van der Waals surface area contributed by atoms with Gasteiger partial charge >= 0.3 is 0 Å². The van der Waals surface area contributed by atoms with Crippen molar-refractivity contribution in [2.75, 3.05) is 27.2 Å². The Morgan fingerprint density at radius 3 is 2.88 bits per heavy atom. The summed E-state index contributed by atoms with van der Waals surface area (Å²) in [5, 5.41) is 4.93. The quantitative estimate of drug-likeness (QED) is 0.622. The summed E-state index contributed by atoms with van der Waals surface area (Å²) in [7, 11) is 4.06. The van der Waals surface area contributed by atoms with Gasteiger partial charge in [-0.2, -0.15) is 0 Å². The summed E-state index contributed by atoms with van der Waals surface area (Å²) < 4.78 is 0. The lowest BCUT2D eigenvalue weighted by atomic mass is 10.2. The lowest BCUT2D eigenvalue weighted by Gasteiger charge is -2.09. The largest absolute Gasteiger partial charge is 0.352 e. The highest BCUT2D eigenvalue weighted by atomic mass is 32.1. The minimum Gasteiger partial charge on any atom is -0.352 e. The maximum Gasteiger partial charge on any atom is 0.246 e. The first kappa shape index (κ1) is 13.9. The molecule has 94 valence electrons. The fourth-order valence-electron chi connectivity index (χ4n) is 1.39. The second-order valence-corrected chi connectivity index (χ2v) is 5.23. The van der Waals surface area contributed by atoms with Crippen LogP contribution in [0, 0.1) is 0 Å². The van der Waals surface area contributed by atoms with Gasteiger partial charge in [-0.1, -0.05) is 6.07 Å². The molecule has 0 fully saturated rings. The van der Waals surface area contributed by atoms with Gasteiger partial charge in [0.1, 0.15) is 0 Å². The molecule has 0 saturated carbocycles. The molecule has 1 aromatic heterocycles. The molecule has 0 aliphatic rings. The molecule has 1 rings (SSSR count). The number of nitrogens with zero attached hydrogens (tertiary/aromatic N) is 1. The normalized spacial score (nSPS) is 11.9. The standard InChI is InChI=1S/C13H20N2OS/c1-11(10-12-6-4-9-17-12)13(16)14-7-5-8-15(2)3/h4,6,9-10H,5,7-8H2,1-3H3,(H,14,16)/b11-10+. The Morgan fingerprint density at radius 2 is 2.29 bits per heavy atom. The summed E-state index contributed by atoms with van der Waals surface area (Å²) in [5.41, 5.74) is 0.761. The number of rotatable bonds is 6. The third-order valence-electron chi connectivity index (χ3n) is 2.33. The Bertz CT molecular complexity index is 369. The first-order valence-corrected chi connectivity index (χ1v) is 6.62. The summed E-state index contributed by atoms with van der Waals surface area (Å²) in [6.07, 6.45) is 2.90. The molecule has 1 amide bonds. The maximum atomic E-state index is 11.7. The van der Waals surface area contributed by atoms with Crippen LogP contribution in [-0.4, -0.2) is 38.0 Å². The summed E-state index contributed by atoms with van der Waals surface area (Å²) in [6.45, 7) is 3.57. The van der Waals surface area contributed by atoms with Gasteiger partial charge in [-0.15, -0.1) is 11.3 Å². The van der Waals surface area contributed by atoms with Crippen molar-refractivity contribution in [2.45, 2.75) is 13.3 Å². The summed E-state index contributed by atoms with van der Waals surface area (Å²) >= 11 is 1.64. The van der Waals surface area contributed by atoms with Gasteiger partial charge in [-0.3, -0.25) is 4.79 Å². The van der Waals surface area contributed by atoms with Crippen LogP contribution >= 0.6 is 11.3 Å². The molecule has 0 aliphatic carbocycles. The van der Waals surface area contributed by atoms with E-state index in [1.165, 1.54) is 0 Å². The Labute approximate surface area is 107 Å². The molecule has 17 heavy (non-hydrogen) atoms. The molecule has 0 atom stereocenters. The number of carbonyl (C=O) groups is 1. The van der Waals surface area contributed by atoms with Crippen LogP contribution in [0.2, 0.25) is 0 Å². The molecule has 1 aromatic rings. The molecule has 4 heteroatoms. The minimum absolute atomic E-state index is 0.0251. The average molecular weight is 252 g/mol. The summed E-state index contributed by atoms with van der Waals surface area (Å²) in [4.78, 5) is 15.0. The highest BCUT2D eigenvalue weighted by molar-refractivity contribution is 7.10. The van der Waals surface area contributed by atoms with Crippen LogP contribution in [0.15, 0.2) is 23.1 Å².